The maximum absolute atomic E-state index is 14.3. The van der Waals surface area contributed by atoms with Crippen molar-refractivity contribution in [2.45, 2.75) is 37.9 Å². The van der Waals surface area contributed by atoms with Gasteiger partial charge in [-0.05, 0) is 66.9 Å². The highest BCUT2D eigenvalue weighted by Crippen LogP contribution is 2.42. The maximum atomic E-state index is 14.3. The van der Waals surface area contributed by atoms with Crippen LogP contribution in [-0.4, -0.2) is 52.5 Å². The standard InChI is InChI=1S/C28H28F3NO7S/c1-17-5-4-6-23(9-17)40(35,36)32-15-22(14-28(2,16-37-3)26(33)34)38-25-8-7-18(12-24(25)32)19-10-20(29)13-21(11-19)39-27(30)31/h4-13,22,27H,14-16H2,1-3H3,(H,33,34)/t22-,28+/m0/s1. The first-order chi connectivity index (χ1) is 18.8. The van der Waals surface area contributed by atoms with Crippen LogP contribution in [-0.2, 0) is 19.6 Å². The smallest absolute Gasteiger partial charge is 0.387 e. The number of halogens is 3. The second-order valence-corrected chi connectivity index (χ2v) is 11.7. The summed E-state index contributed by atoms with van der Waals surface area (Å²) in [6, 6.07) is 13.9. The van der Waals surface area contributed by atoms with Crippen molar-refractivity contribution in [3.63, 3.8) is 0 Å². The zero-order valence-electron chi connectivity index (χ0n) is 21.9. The van der Waals surface area contributed by atoms with Crippen molar-refractivity contribution in [2.24, 2.45) is 5.41 Å². The van der Waals surface area contributed by atoms with Crippen molar-refractivity contribution >= 4 is 21.7 Å². The molecule has 3 aromatic carbocycles. The fourth-order valence-electron chi connectivity index (χ4n) is 4.66. The van der Waals surface area contributed by atoms with E-state index in [0.29, 0.717) is 11.1 Å². The minimum Gasteiger partial charge on any atom is -0.486 e. The van der Waals surface area contributed by atoms with Crippen molar-refractivity contribution in [1.82, 2.24) is 0 Å². The van der Waals surface area contributed by atoms with Crippen molar-refractivity contribution < 1.29 is 45.7 Å². The van der Waals surface area contributed by atoms with E-state index in [0.717, 1.165) is 16.4 Å². The molecule has 0 radical (unpaired) electrons. The van der Waals surface area contributed by atoms with Gasteiger partial charge in [0.25, 0.3) is 10.0 Å². The quantitative estimate of drug-likeness (QED) is 0.339. The minimum atomic E-state index is -4.17. The summed E-state index contributed by atoms with van der Waals surface area (Å²) in [7, 11) is -2.80. The molecule has 1 N–H and O–H groups in total. The van der Waals surface area contributed by atoms with Gasteiger partial charge < -0.3 is 19.3 Å². The zero-order chi connectivity index (χ0) is 29.2. The van der Waals surface area contributed by atoms with E-state index in [1.165, 1.54) is 50.4 Å². The molecule has 0 fully saturated rings. The number of ether oxygens (including phenoxy) is 3. The predicted octanol–water partition coefficient (Wildman–Crippen LogP) is 5.49. The number of aryl methyl sites for hydroxylation is 1. The molecule has 40 heavy (non-hydrogen) atoms. The molecule has 3 aromatic rings. The Morgan fingerprint density at radius 3 is 2.55 bits per heavy atom. The van der Waals surface area contributed by atoms with Crippen LogP contribution in [0, 0.1) is 18.2 Å². The van der Waals surface area contributed by atoms with Gasteiger partial charge in [0.1, 0.15) is 23.4 Å². The molecule has 0 unspecified atom stereocenters. The van der Waals surface area contributed by atoms with E-state index >= 15 is 0 Å². The number of aliphatic carboxylic acids is 1. The van der Waals surface area contributed by atoms with E-state index < -0.39 is 45.7 Å². The highest BCUT2D eigenvalue weighted by atomic mass is 32.2. The van der Waals surface area contributed by atoms with Gasteiger partial charge in [-0.1, -0.05) is 18.2 Å². The topological polar surface area (TPSA) is 102 Å². The summed E-state index contributed by atoms with van der Waals surface area (Å²) in [6.45, 7) is -0.264. The highest BCUT2D eigenvalue weighted by molar-refractivity contribution is 7.92. The second kappa shape index (κ2) is 11.4. The van der Waals surface area contributed by atoms with Gasteiger partial charge in [0.2, 0.25) is 0 Å². The first kappa shape index (κ1) is 29.2. The SMILES string of the molecule is COC[C@@](C)(C[C@H]1CN(S(=O)(=O)c2cccc(C)c2)c2cc(-c3cc(F)cc(OC(F)F)c3)ccc2O1)C(=O)O. The molecule has 0 spiro atoms. The molecule has 1 aliphatic heterocycles. The van der Waals surface area contributed by atoms with Crippen molar-refractivity contribution in [1.29, 1.82) is 0 Å². The minimum absolute atomic E-state index is 0.0146. The Balaban J connectivity index is 1.82. The van der Waals surface area contributed by atoms with E-state index in [4.69, 9.17) is 9.47 Å². The molecule has 4 rings (SSSR count). The summed E-state index contributed by atoms with van der Waals surface area (Å²) in [5.41, 5.74) is -0.0341. The molecule has 0 bridgehead atoms. The zero-order valence-corrected chi connectivity index (χ0v) is 22.8. The number of nitrogens with zero attached hydrogens (tertiary/aromatic N) is 1. The summed E-state index contributed by atoms with van der Waals surface area (Å²) in [4.78, 5) is 12.1. The summed E-state index contributed by atoms with van der Waals surface area (Å²) in [6.07, 6.45) is -0.913. The molecule has 8 nitrogen and oxygen atoms in total. The van der Waals surface area contributed by atoms with E-state index in [9.17, 15) is 31.5 Å². The Labute approximate surface area is 230 Å². The first-order valence-corrected chi connectivity index (χ1v) is 13.6. The number of fused-ring (bicyclic) bond motifs is 1. The van der Waals surface area contributed by atoms with Crippen LogP contribution in [0.25, 0.3) is 11.1 Å². The molecule has 0 saturated heterocycles. The van der Waals surface area contributed by atoms with E-state index in [1.54, 1.807) is 19.1 Å². The van der Waals surface area contributed by atoms with Crippen LogP contribution >= 0.6 is 0 Å². The molecular formula is C28H28F3NO7S. The number of rotatable bonds is 10. The van der Waals surface area contributed by atoms with Crippen molar-refractivity contribution in [2.75, 3.05) is 24.6 Å². The number of methoxy groups -OCH3 is 1. The Kier molecular flexibility index (Phi) is 8.31. The second-order valence-electron chi connectivity index (χ2n) is 9.83. The van der Waals surface area contributed by atoms with Gasteiger partial charge in [0.05, 0.1) is 29.1 Å². The molecule has 0 aliphatic carbocycles. The van der Waals surface area contributed by atoms with Gasteiger partial charge in [0.15, 0.2) is 0 Å². The average molecular weight is 580 g/mol. The number of anilines is 1. The van der Waals surface area contributed by atoms with Crippen LogP contribution in [0.15, 0.2) is 65.6 Å². The number of benzene rings is 3. The predicted molar refractivity (Wildman–Crippen MR) is 141 cm³/mol. The Bertz CT molecular complexity index is 1520. The third-order valence-corrected chi connectivity index (χ3v) is 8.33. The number of alkyl halides is 2. The van der Waals surface area contributed by atoms with E-state index in [2.05, 4.69) is 4.74 Å². The van der Waals surface area contributed by atoms with Crippen LogP contribution in [0.5, 0.6) is 11.5 Å². The normalized spacial score (nSPS) is 16.7. The number of sulfonamides is 1. The average Bonchev–Trinajstić information content (AvgIpc) is 2.87. The lowest BCUT2D eigenvalue weighted by molar-refractivity contribution is -0.153. The fraction of sp³-hybridized carbons (Fsp3) is 0.321. The van der Waals surface area contributed by atoms with Gasteiger partial charge in [-0.3, -0.25) is 9.10 Å². The Morgan fingerprint density at radius 2 is 1.90 bits per heavy atom. The number of carbonyl (C=O) groups is 1. The first-order valence-electron chi connectivity index (χ1n) is 12.2. The van der Waals surface area contributed by atoms with Crippen LogP contribution < -0.4 is 13.8 Å². The Morgan fingerprint density at radius 1 is 1.15 bits per heavy atom. The molecule has 2 atom stereocenters. The lowest BCUT2D eigenvalue weighted by Gasteiger charge is -2.38. The molecule has 1 heterocycles. The third kappa shape index (κ3) is 6.18. The largest absolute Gasteiger partial charge is 0.486 e. The summed E-state index contributed by atoms with van der Waals surface area (Å²) >= 11 is 0. The maximum Gasteiger partial charge on any atom is 0.387 e. The lowest BCUT2D eigenvalue weighted by atomic mass is 9.85. The molecule has 12 heteroatoms. The number of carboxylic acids is 1. The van der Waals surface area contributed by atoms with Crippen LogP contribution in [0.4, 0.5) is 18.9 Å². The van der Waals surface area contributed by atoms with Crippen molar-refractivity contribution in [3.05, 3.63) is 72.0 Å². The molecule has 1 aliphatic rings. The van der Waals surface area contributed by atoms with Gasteiger partial charge in [-0.25, -0.2) is 12.8 Å². The molecule has 0 aromatic heterocycles. The van der Waals surface area contributed by atoms with Crippen molar-refractivity contribution in [3.8, 4) is 22.6 Å². The summed E-state index contributed by atoms with van der Waals surface area (Å²) < 4.78 is 84.3. The summed E-state index contributed by atoms with van der Waals surface area (Å²) in [5.74, 6) is -2.19. The summed E-state index contributed by atoms with van der Waals surface area (Å²) in [5, 5.41) is 9.83. The monoisotopic (exact) mass is 579 g/mol. The van der Waals surface area contributed by atoms with Crippen LogP contribution in [0.3, 0.4) is 0 Å². The molecule has 0 amide bonds. The van der Waals surface area contributed by atoms with Gasteiger partial charge in [0, 0.05) is 19.6 Å². The molecular weight excluding hydrogens is 551 g/mol. The van der Waals surface area contributed by atoms with Gasteiger partial charge in [-0.2, -0.15) is 8.78 Å². The van der Waals surface area contributed by atoms with Gasteiger partial charge >= 0.3 is 12.6 Å². The lowest BCUT2D eigenvalue weighted by Crippen LogP contribution is -2.47. The highest BCUT2D eigenvalue weighted by Gasteiger charge is 2.42. The molecule has 0 saturated carbocycles. The third-order valence-electron chi connectivity index (χ3n) is 6.56. The fourth-order valence-corrected chi connectivity index (χ4v) is 6.26. The van der Waals surface area contributed by atoms with E-state index in [-0.39, 0.29) is 41.5 Å². The molecule has 214 valence electrons. The number of hydrogen-bond donors (Lipinski definition) is 1. The van der Waals surface area contributed by atoms with Crippen LogP contribution in [0.1, 0.15) is 18.9 Å². The number of carboxylic acid groups (broad SMARTS) is 1. The van der Waals surface area contributed by atoms with Gasteiger partial charge in [-0.15, -0.1) is 0 Å². The number of hydrogen-bond acceptors (Lipinski definition) is 6. The van der Waals surface area contributed by atoms with Crippen LogP contribution in [0.2, 0.25) is 0 Å². The van der Waals surface area contributed by atoms with E-state index in [1.807, 2.05) is 0 Å². The Hall–Kier alpha value is -3.77.